The molecule has 1 aliphatic rings. The SMILES string of the molecule is CCCNc1nccc(C(=O)N2CCCC(C)CC2)c1F. The first-order chi connectivity index (χ1) is 10.1. The summed E-state index contributed by atoms with van der Waals surface area (Å²) in [6, 6.07) is 1.48. The van der Waals surface area contributed by atoms with E-state index in [9.17, 15) is 9.18 Å². The molecule has 21 heavy (non-hydrogen) atoms. The van der Waals surface area contributed by atoms with Gasteiger partial charge in [0.15, 0.2) is 11.6 Å². The lowest BCUT2D eigenvalue weighted by molar-refractivity contribution is 0.0755. The van der Waals surface area contributed by atoms with Gasteiger partial charge in [0, 0.05) is 25.8 Å². The molecule has 4 nitrogen and oxygen atoms in total. The maximum Gasteiger partial charge on any atom is 0.257 e. The van der Waals surface area contributed by atoms with Crippen molar-refractivity contribution < 1.29 is 9.18 Å². The van der Waals surface area contributed by atoms with Gasteiger partial charge in [-0.2, -0.15) is 0 Å². The number of nitrogens with zero attached hydrogens (tertiary/aromatic N) is 2. The molecule has 5 heteroatoms. The highest BCUT2D eigenvalue weighted by Gasteiger charge is 2.23. The van der Waals surface area contributed by atoms with E-state index in [0.717, 1.165) is 25.7 Å². The molecule has 0 radical (unpaired) electrons. The summed E-state index contributed by atoms with van der Waals surface area (Å²) < 4.78 is 14.4. The average molecular weight is 293 g/mol. The van der Waals surface area contributed by atoms with Crippen LogP contribution in [0.25, 0.3) is 0 Å². The number of nitrogens with one attached hydrogen (secondary N) is 1. The van der Waals surface area contributed by atoms with Crippen LogP contribution in [-0.4, -0.2) is 35.4 Å². The van der Waals surface area contributed by atoms with Crippen molar-refractivity contribution in [3.63, 3.8) is 0 Å². The van der Waals surface area contributed by atoms with Crippen LogP contribution >= 0.6 is 0 Å². The first-order valence-electron chi connectivity index (χ1n) is 7.81. The zero-order valence-corrected chi connectivity index (χ0v) is 12.9. The summed E-state index contributed by atoms with van der Waals surface area (Å²) >= 11 is 0. The average Bonchev–Trinajstić information content (AvgIpc) is 2.70. The van der Waals surface area contributed by atoms with E-state index in [2.05, 4.69) is 17.2 Å². The lowest BCUT2D eigenvalue weighted by atomic mass is 10.0. The van der Waals surface area contributed by atoms with Gasteiger partial charge in [-0.1, -0.05) is 13.8 Å². The van der Waals surface area contributed by atoms with Crippen LogP contribution in [0.1, 0.15) is 49.9 Å². The first-order valence-corrected chi connectivity index (χ1v) is 7.81. The number of carbonyl (C=O) groups is 1. The monoisotopic (exact) mass is 293 g/mol. The Morgan fingerprint density at radius 2 is 2.29 bits per heavy atom. The molecular formula is C16H24FN3O. The summed E-state index contributed by atoms with van der Waals surface area (Å²) in [5.74, 6) is 0.0505. The van der Waals surface area contributed by atoms with Gasteiger partial charge in [-0.05, 0) is 37.7 Å². The summed E-state index contributed by atoms with van der Waals surface area (Å²) in [6.45, 7) is 6.26. The van der Waals surface area contributed by atoms with Crippen molar-refractivity contribution in [3.05, 3.63) is 23.6 Å². The Morgan fingerprint density at radius 3 is 3.05 bits per heavy atom. The lowest BCUT2D eigenvalue weighted by Crippen LogP contribution is -2.32. The van der Waals surface area contributed by atoms with E-state index < -0.39 is 5.82 Å². The molecule has 0 aliphatic carbocycles. The van der Waals surface area contributed by atoms with Crippen molar-refractivity contribution in [1.82, 2.24) is 9.88 Å². The van der Waals surface area contributed by atoms with Gasteiger partial charge in [0.05, 0.1) is 5.56 Å². The molecule has 1 aliphatic heterocycles. The maximum atomic E-state index is 14.4. The topological polar surface area (TPSA) is 45.2 Å². The molecule has 2 heterocycles. The van der Waals surface area contributed by atoms with Crippen molar-refractivity contribution in [1.29, 1.82) is 0 Å². The van der Waals surface area contributed by atoms with E-state index in [1.54, 1.807) is 4.90 Å². The predicted molar refractivity (Wildman–Crippen MR) is 81.9 cm³/mol. The van der Waals surface area contributed by atoms with Crippen LogP contribution < -0.4 is 5.32 Å². The second-order valence-electron chi connectivity index (χ2n) is 5.78. The van der Waals surface area contributed by atoms with Gasteiger partial charge in [-0.25, -0.2) is 9.37 Å². The molecule has 2 rings (SSSR count). The van der Waals surface area contributed by atoms with E-state index in [1.165, 1.54) is 12.3 Å². The van der Waals surface area contributed by atoms with Gasteiger partial charge >= 0.3 is 0 Å². The fourth-order valence-electron chi connectivity index (χ4n) is 2.61. The van der Waals surface area contributed by atoms with Crippen LogP contribution in [0, 0.1) is 11.7 Å². The van der Waals surface area contributed by atoms with Gasteiger partial charge in [0.1, 0.15) is 0 Å². The summed E-state index contributed by atoms with van der Waals surface area (Å²) in [5, 5.41) is 2.92. The molecule has 0 saturated carbocycles. The highest BCUT2D eigenvalue weighted by atomic mass is 19.1. The molecule has 1 fully saturated rings. The number of hydrogen-bond acceptors (Lipinski definition) is 3. The van der Waals surface area contributed by atoms with E-state index >= 15 is 0 Å². The molecule has 0 bridgehead atoms. The number of anilines is 1. The first kappa shape index (κ1) is 15.7. The molecule has 0 spiro atoms. The summed E-state index contributed by atoms with van der Waals surface area (Å²) in [6.07, 6.45) is 5.48. The molecule has 1 unspecified atom stereocenters. The summed E-state index contributed by atoms with van der Waals surface area (Å²) in [4.78, 5) is 18.3. The number of hydrogen-bond donors (Lipinski definition) is 1. The zero-order valence-electron chi connectivity index (χ0n) is 12.9. The van der Waals surface area contributed by atoms with E-state index in [4.69, 9.17) is 0 Å². The fraction of sp³-hybridized carbons (Fsp3) is 0.625. The Balaban J connectivity index is 2.14. The Hall–Kier alpha value is -1.65. The van der Waals surface area contributed by atoms with Crippen molar-refractivity contribution in [3.8, 4) is 0 Å². The van der Waals surface area contributed by atoms with Crippen LogP contribution in [0.5, 0.6) is 0 Å². The third-order valence-electron chi connectivity index (χ3n) is 3.97. The molecule has 0 aromatic carbocycles. The van der Waals surface area contributed by atoms with Crippen molar-refractivity contribution in [2.45, 2.75) is 39.5 Å². The molecule has 1 atom stereocenters. The normalized spacial score (nSPS) is 19.2. The molecule has 1 amide bonds. The van der Waals surface area contributed by atoms with Crippen LogP contribution in [-0.2, 0) is 0 Å². The smallest absolute Gasteiger partial charge is 0.257 e. The van der Waals surface area contributed by atoms with Crippen molar-refractivity contribution in [2.24, 2.45) is 5.92 Å². The van der Waals surface area contributed by atoms with Crippen molar-refractivity contribution >= 4 is 11.7 Å². The van der Waals surface area contributed by atoms with Crippen LogP contribution in [0.3, 0.4) is 0 Å². The van der Waals surface area contributed by atoms with Gasteiger partial charge in [0.2, 0.25) is 0 Å². The van der Waals surface area contributed by atoms with Crippen molar-refractivity contribution in [2.75, 3.05) is 25.0 Å². The van der Waals surface area contributed by atoms with Gasteiger partial charge < -0.3 is 10.2 Å². The highest BCUT2D eigenvalue weighted by Crippen LogP contribution is 2.21. The maximum absolute atomic E-state index is 14.4. The van der Waals surface area contributed by atoms with Gasteiger partial charge in [-0.15, -0.1) is 0 Å². The minimum Gasteiger partial charge on any atom is -0.368 e. The van der Waals surface area contributed by atoms with E-state index in [0.29, 0.717) is 25.6 Å². The molecule has 1 aromatic heterocycles. The number of pyridine rings is 1. The van der Waals surface area contributed by atoms with Gasteiger partial charge in [-0.3, -0.25) is 4.79 Å². The third kappa shape index (κ3) is 3.93. The Labute approximate surface area is 125 Å². The van der Waals surface area contributed by atoms with Gasteiger partial charge in [0.25, 0.3) is 5.91 Å². The van der Waals surface area contributed by atoms with E-state index in [-0.39, 0.29) is 17.3 Å². The highest BCUT2D eigenvalue weighted by molar-refractivity contribution is 5.95. The fourth-order valence-corrected chi connectivity index (χ4v) is 2.61. The minimum atomic E-state index is -0.534. The van der Waals surface area contributed by atoms with E-state index in [1.807, 2.05) is 6.92 Å². The largest absolute Gasteiger partial charge is 0.368 e. The number of amides is 1. The number of halogens is 1. The number of rotatable bonds is 4. The molecule has 116 valence electrons. The molecule has 1 saturated heterocycles. The Morgan fingerprint density at radius 1 is 1.48 bits per heavy atom. The molecule has 1 aromatic rings. The quantitative estimate of drug-likeness (QED) is 0.926. The minimum absolute atomic E-state index is 0.123. The Bertz CT molecular complexity index is 492. The number of carbonyl (C=O) groups excluding carboxylic acids is 1. The molecule has 1 N–H and O–H groups in total. The van der Waals surface area contributed by atoms with Crippen LogP contribution in [0.15, 0.2) is 12.3 Å². The number of likely N-dealkylation sites (tertiary alicyclic amines) is 1. The number of aromatic nitrogens is 1. The third-order valence-corrected chi connectivity index (χ3v) is 3.97. The van der Waals surface area contributed by atoms with Crippen LogP contribution in [0.4, 0.5) is 10.2 Å². The standard InChI is InChI=1S/C16H24FN3O/c1-3-8-18-15-14(17)13(6-9-19-15)16(21)20-10-4-5-12(2)7-11-20/h6,9,12H,3-5,7-8,10-11H2,1-2H3,(H,18,19). The zero-order chi connectivity index (χ0) is 15.2. The molecular weight excluding hydrogens is 269 g/mol. The second kappa shape index (κ2) is 7.38. The predicted octanol–water partition coefficient (Wildman–Crippen LogP) is 3.30. The second-order valence-corrected chi connectivity index (χ2v) is 5.78. The summed E-state index contributed by atoms with van der Waals surface area (Å²) in [7, 11) is 0. The van der Waals surface area contributed by atoms with Crippen LogP contribution in [0.2, 0.25) is 0 Å². The lowest BCUT2D eigenvalue weighted by Gasteiger charge is -2.21. The summed E-state index contributed by atoms with van der Waals surface area (Å²) in [5.41, 5.74) is 0.123. The Kier molecular flexibility index (Phi) is 5.53.